The molecule has 4 nitrogen and oxygen atoms in total. The maximum atomic E-state index is 11.6. The highest BCUT2D eigenvalue weighted by atomic mass is 16.5. The summed E-state index contributed by atoms with van der Waals surface area (Å²) >= 11 is 0. The predicted molar refractivity (Wildman–Crippen MR) is 102 cm³/mol. The molecule has 3 unspecified atom stereocenters. The molecule has 0 amide bonds. The molecule has 2 saturated carbocycles. The van der Waals surface area contributed by atoms with Gasteiger partial charge in [0.2, 0.25) is 0 Å². The number of esters is 2. The van der Waals surface area contributed by atoms with Crippen molar-refractivity contribution in [2.24, 2.45) is 28.6 Å². The summed E-state index contributed by atoms with van der Waals surface area (Å²) < 4.78 is 11.1. The van der Waals surface area contributed by atoms with Gasteiger partial charge in [-0.1, -0.05) is 19.9 Å². The first-order chi connectivity index (χ1) is 12.7. The first-order valence-electron chi connectivity index (χ1n) is 10.5. The van der Waals surface area contributed by atoms with Gasteiger partial charge in [0.25, 0.3) is 0 Å². The first-order valence-corrected chi connectivity index (χ1v) is 10.5. The summed E-state index contributed by atoms with van der Waals surface area (Å²) in [6.45, 7) is 7.78. The van der Waals surface area contributed by atoms with E-state index in [4.69, 9.17) is 9.47 Å². The maximum Gasteiger partial charge on any atom is 0.307 e. The van der Waals surface area contributed by atoms with Gasteiger partial charge >= 0.3 is 11.9 Å². The average Bonchev–Trinajstić information content (AvgIpc) is 2.91. The molecule has 0 aliphatic heterocycles. The van der Waals surface area contributed by atoms with E-state index in [9.17, 15) is 9.59 Å². The minimum atomic E-state index is -0.227. The van der Waals surface area contributed by atoms with Gasteiger partial charge in [-0.15, -0.1) is 0 Å². The molecule has 4 aliphatic carbocycles. The SMILES string of the molecule is CC(=O)OC1=CC2=CCC3C(CC[C@]4(C)C3CC[C@H]4OC(C)=O)[C@]2(C)CC1. The molecular formula is C23H32O4. The molecule has 27 heavy (non-hydrogen) atoms. The van der Waals surface area contributed by atoms with Gasteiger partial charge in [0.15, 0.2) is 0 Å². The fourth-order valence-electron chi connectivity index (χ4n) is 6.91. The van der Waals surface area contributed by atoms with Crippen LogP contribution in [0.5, 0.6) is 0 Å². The molecule has 148 valence electrons. The van der Waals surface area contributed by atoms with Gasteiger partial charge < -0.3 is 9.47 Å². The zero-order valence-corrected chi connectivity index (χ0v) is 17.0. The van der Waals surface area contributed by atoms with Gasteiger partial charge in [-0.3, -0.25) is 9.59 Å². The lowest BCUT2D eigenvalue weighted by Crippen LogP contribution is -2.50. The largest absolute Gasteiger partial charge is 0.462 e. The highest BCUT2D eigenvalue weighted by Gasteiger charge is 2.59. The highest BCUT2D eigenvalue weighted by molar-refractivity contribution is 5.67. The number of carbonyl (C=O) groups excluding carboxylic acids is 2. The molecule has 0 radical (unpaired) electrons. The van der Waals surface area contributed by atoms with Gasteiger partial charge in [-0.25, -0.2) is 0 Å². The zero-order valence-electron chi connectivity index (χ0n) is 17.0. The second-order valence-electron chi connectivity index (χ2n) is 9.61. The van der Waals surface area contributed by atoms with Gasteiger partial charge in [-0.05, 0) is 73.3 Å². The van der Waals surface area contributed by atoms with Crippen LogP contribution in [0.2, 0.25) is 0 Å². The molecule has 0 aromatic heterocycles. The molecule has 0 N–H and O–H groups in total. The topological polar surface area (TPSA) is 52.6 Å². The Labute approximate surface area is 162 Å². The third kappa shape index (κ3) is 2.96. The van der Waals surface area contributed by atoms with Crippen molar-refractivity contribution < 1.29 is 19.1 Å². The van der Waals surface area contributed by atoms with Gasteiger partial charge in [-0.2, -0.15) is 0 Å². The summed E-state index contributed by atoms with van der Waals surface area (Å²) in [4.78, 5) is 22.9. The van der Waals surface area contributed by atoms with E-state index < -0.39 is 0 Å². The fraction of sp³-hybridized carbons (Fsp3) is 0.739. The number of fused-ring (bicyclic) bond motifs is 5. The quantitative estimate of drug-likeness (QED) is 0.644. The van der Waals surface area contributed by atoms with Crippen LogP contribution < -0.4 is 0 Å². The Morgan fingerprint density at radius 1 is 1.04 bits per heavy atom. The smallest absolute Gasteiger partial charge is 0.307 e. The van der Waals surface area contributed by atoms with E-state index in [2.05, 4.69) is 26.0 Å². The number of ether oxygens (including phenoxy) is 2. The maximum absolute atomic E-state index is 11.6. The van der Waals surface area contributed by atoms with Crippen molar-refractivity contribution in [1.82, 2.24) is 0 Å². The van der Waals surface area contributed by atoms with E-state index in [1.807, 2.05) is 0 Å². The van der Waals surface area contributed by atoms with Crippen LogP contribution in [-0.2, 0) is 19.1 Å². The standard InChI is InChI=1S/C23H32O4/c1-14(24)26-17-9-11-22(3)16(13-17)5-6-18-19-7-8-21(27-15(2)25)23(19,4)12-10-20(18)22/h5,13,18-21H,6-12H2,1-4H3/t18?,19?,20?,21-,22-,23-/m1/s1. The molecule has 0 heterocycles. The fourth-order valence-corrected chi connectivity index (χ4v) is 6.91. The molecule has 0 bridgehead atoms. The normalized spacial score (nSPS) is 42.8. The van der Waals surface area contributed by atoms with Crippen molar-refractivity contribution in [2.75, 3.05) is 0 Å². The van der Waals surface area contributed by atoms with E-state index in [1.165, 1.54) is 32.3 Å². The zero-order chi connectivity index (χ0) is 19.4. The first kappa shape index (κ1) is 18.8. The van der Waals surface area contributed by atoms with Crippen LogP contribution in [0.3, 0.4) is 0 Å². The monoisotopic (exact) mass is 372 g/mol. The molecule has 2 fully saturated rings. The molecule has 0 aromatic carbocycles. The third-order valence-electron chi connectivity index (χ3n) is 8.23. The summed E-state index contributed by atoms with van der Waals surface area (Å²) in [5.74, 6) is 2.42. The lowest BCUT2D eigenvalue weighted by atomic mass is 9.48. The van der Waals surface area contributed by atoms with Crippen LogP contribution in [0.25, 0.3) is 0 Å². The van der Waals surface area contributed by atoms with Gasteiger partial charge in [0.1, 0.15) is 11.9 Å². The Morgan fingerprint density at radius 3 is 2.52 bits per heavy atom. The number of rotatable bonds is 2. The average molecular weight is 373 g/mol. The molecule has 4 heteroatoms. The number of hydrogen-bond donors (Lipinski definition) is 0. The molecule has 0 saturated heterocycles. The summed E-state index contributed by atoms with van der Waals surface area (Å²) in [5, 5.41) is 0. The summed E-state index contributed by atoms with van der Waals surface area (Å²) in [6.07, 6.45) is 12.1. The van der Waals surface area contributed by atoms with Crippen LogP contribution in [0, 0.1) is 28.6 Å². The molecule has 4 rings (SSSR count). The molecule has 6 atom stereocenters. The molecule has 0 spiro atoms. The number of allylic oxidation sites excluding steroid dienone is 4. The predicted octanol–water partition coefficient (Wildman–Crippen LogP) is 4.94. The Morgan fingerprint density at radius 2 is 1.81 bits per heavy atom. The Kier molecular flexibility index (Phi) is 4.51. The second kappa shape index (κ2) is 6.49. The van der Waals surface area contributed by atoms with E-state index >= 15 is 0 Å². The van der Waals surface area contributed by atoms with Gasteiger partial charge in [0, 0.05) is 25.7 Å². The van der Waals surface area contributed by atoms with Crippen molar-refractivity contribution in [1.29, 1.82) is 0 Å². The van der Waals surface area contributed by atoms with Crippen LogP contribution >= 0.6 is 0 Å². The minimum absolute atomic E-state index is 0.0842. The number of carbonyl (C=O) groups is 2. The summed E-state index contributed by atoms with van der Waals surface area (Å²) in [7, 11) is 0. The Hall–Kier alpha value is -1.58. The van der Waals surface area contributed by atoms with E-state index in [-0.39, 0.29) is 28.9 Å². The van der Waals surface area contributed by atoms with Crippen LogP contribution in [0.4, 0.5) is 0 Å². The third-order valence-corrected chi connectivity index (χ3v) is 8.23. The van der Waals surface area contributed by atoms with E-state index in [0.29, 0.717) is 17.8 Å². The number of hydrogen-bond acceptors (Lipinski definition) is 4. The van der Waals surface area contributed by atoms with Crippen molar-refractivity contribution in [2.45, 2.75) is 78.7 Å². The van der Waals surface area contributed by atoms with Crippen LogP contribution in [-0.4, -0.2) is 18.0 Å². The molecule has 4 aliphatic rings. The molecular weight excluding hydrogens is 340 g/mol. The van der Waals surface area contributed by atoms with Crippen molar-refractivity contribution in [3.05, 3.63) is 23.5 Å². The Balaban J connectivity index is 1.60. The van der Waals surface area contributed by atoms with Gasteiger partial charge in [0.05, 0.1) is 0 Å². The van der Waals surface area contributed by atoms with E-state index in [1.54, 1.807) is 0 Å². The van der Waals surface area contributed by atoms with E-state index in [0.717, 1.165) is 37.9 Å². The second-order valence-corrected chi connectivity index (χ2v) is 9.61. The minimum Gasteiger partial charge on any atom is -0.462 e. The molecule has 0 aromatic rings. The lowest BCUT2D eigenvalue weighted by molar-refractivity contribution is -0.156. The summed E-state index contributed by atoms with van der Waals surface area (Å²) in [5.41, 5.74) is 1.67. The highest BCUT2D eigenvalue weighted by Crippen LogP contribution is 2.64. The summed E-state index contributed by atoms with van der Waals surface area (Å²) in [6, 6.07) is 0. The van der Waals surface area contributed by atoms with Crippen molar-refractivity contribution >= 4 is 11.9 Å². The Bertz CT molecular complexity index is 720. The van der Waals surface area contributed by atoms with Crippen LogP contribution in [0.15, 0.2) is 23.5 Å². The lowest BCUT2D eigenvalue weighted by Gasteiger charge is -2.56. The van der Waals surface area contributed by atoms with Crippen LogP contribution in [0.1, 0.15) is 72.6 Å². The van der Waals surface area contributed by atoms with Crippen molar-refractivity contribution in [3.63, 3.8) is 0 Å². The van der Waals surface area contributed by atoms with Crippen molar-refractivity contribution in [3.8, 4) is 0 Å².